The Balaban J connectivity index is 1.13. The van der Waals surface area contributed by atoms with Crippen LogP contribution in [0.4, 0.5) is 51.2 Å². The second-order valence-corrected chi connectivity index (χ2v) is 20.8. The van der Waals surface area contributed by atoms with E-state index < -0.39 is 0 Å². The van der Waals surface area contributed by atoms with Gasteiger partial charge in [-0.15, -0.1) is 0 Å². The predicted molar refractivity (Wildman–Crippen MR) is 298 cm³/mol. The summed E-state index contributed by atoms with van der Waals surface area (Å²) in [7, 11) is 0. The third-order valence-corrected chi connectivity index (χ3v) is 16.4. The highest BCUT2D eigenvalue weighted by Crippen LogP contribution is 2.58. The van der Waals surface area contributed by atoms with Crippen LogP contribution in [0.2, 0.25) is 0 Å². The van der Waals surface area contributed by atoms with Gasteiger partial charge in [-0.3, -0.25) is 0 Å². The molecule has 0 saturated carbocycles. The van der Waals surface area contributed by atoms with Gasteiger partial charge >= 0.3 is 0 Å². The van der Waals surface area contributed by atoms with E-state index in [4.69, 9.17) is 4.42 Å². The fourth-order valence-corrected chi connectivity index (χ4v) is 13.3. The van der Waals surface area contributed by atoms with E-state index in [1.165, 1.54) is 66.6 Å². The molecule has 10 aromatic carbocycles. The van der Waals surface area contributed by atoms with Gasteiger partial charge in [0.15, 0.2) is 0 Å². The van der Waals surface area contributed by atoms with Crippen molar-refractivity contribution in [1.29, 1.82) is 0 Å². The van der Waals surface area contributed by atoms with Crippen molar-refractivity contribution in [2.24, 2.45) is 0 Å². The first-order valence-electron chi connectivity index (χ1n) is 25.0. The van der Waals surface area contributed by atoms with Gasteiger partial charge < -0.3 is 19.1 Å². The molecular weight excluding hydrogens is 862 g/mol. The average Bonchev–Trinajstić information content (AvgIpc) is 4.00. The van der Waals surface area contributed by atoms with Gasteiger partial charge in [-0.1, -0.05) is 179 Å². The van der Waals surface area contributed by atoms with E-state index in [0.29, 0.717) is 0 Å². The summed E-state index contributed by atoms with van der Waals surface area (Å²) in [5, 5.41) is 2.23. The van der Waals surface area contributed by atoms with Gasteiger partial charge in [0, 0.05) is 61.5 Å². The van der Waals surface area contributed by atoms with Crippen molar-refractivity contribution in [1.82, 2.24) is 0 Å². The molecule has 0 spiro atoms. The standard InChI is InChI=1S/C66H48BN3O/c1-65(2)48-30-17-14-27-45(48)59-50(65)32-20-33-54(59)68(41-21-8-5-9-22-41)44-39-55-62-56(40-44)70(43-25-12-7-13-26-43)64-53(37-38-58-61(64)47-29-16-19-34-57(47)71-58)67(62)52-36-35-51-60(46-28-15-18-31-49(46)66(51,3)4)63(52)69(55)42-23-10-6-11-24-42/h5-40H,1-4H3. The van der Waals surface area contributed by atoms with Crippen molar-refractivity contribution < 1.29 is 4.42 Å². The van der Waals surface area contributed by atoms with Crippen molar-refractivity contribution in [2.45, 2.75) is 38.5 Å². The molecule has 0 N–H and O–H groups in total. The summed E-state index contributed by atoms with van der Waals surface area (Å²) in [5.41, 5.74) is 26.0. The number of benzene rings is 10. The molecule has 5 heteroatoms. The van der Waals surface area contributed by atoms with Crippen LogP contribution in [0.15, 0.2) is 223 Å². The molecule has 2 aliphatic heterocycles. The van der Waals surface area contributed by atoms with Gasteiger partial charge in [-0.25, -0.2) is 0 Å². The number of furan rings is 1. The Bertz CT molecular complexity index is 4020. The van der Waals surface area contributed by atoms with E-state index in [2.05, 4.69) is 261 Å². The molecule has 15 rings (SSSR count). The number of hydrogen-bond acceptors (Lipinski definition) is 4. The van der Waals surface area contributed by atoms with Gasteiger partial charge in [0.2, 0.25) is 0 Å². The maximum Gasteiger partial charge on any atom is 0.252 e. The normalized spacial score (nSPS) is 14.9. The Morgan fingerprint density at radius 2 is 0.944 bits per heavy atom. The summed E-state index contributed by atoms with van der Waals surface area (Å²) in [6.07, 6.45) is 0. The molecule has 4 aliphatic rings. The number of anilines is 9. The first kappa shape index (κ1) is 40.4. The molecule has 0 radical (unpaired) electrons. The minimum atomic E-state index is -0.199. The first-order chi connectivity index (χ1) is 34.8. The Morgan fingerprint density at radius 1 is 0.423 bits per heavy atom. The Hall–Kier alpha value is -8.54. The lowest BCUT2D eigenvalue weighted by atomic mass is 9.33. The molecule has 2 aliphatic carbocycles. The highest BCUT2D eigenvalue weighted by atomic mass is 16.3. The molecule has 71 heavy (non-hydrogen) atoms. The summed E-state index contributed by atoms with van der Waals surface area (Å²) >= 11 is 0. The second-order valence-electron chi connectivity index (χ2n) is 20.8. The number of rotatable bonds is 5. The smallest absolute Gasteiger partial charge is 0.252 e. The molecule has 3 heterocycles. The Morgan fingerprint density at radius 3 is 1.62 bits per heavy atom. The molecule has 1 aromatic heterocycles. The van der Waals surface area contributed by atoms with Gasteiger partial charge in [-0.05, 0) is 116 Å². The monoisotopic (exact) mass is 909 g/mol. The van der Waals surface area contributed by atoms with Crippen LogP contribution in [0.5, 0.6) is 0 Å². The quantitative estimate of drug-likeness (QED) is 0.161. The zero-order chi connectivity index (χ0) is 47.3. The van der Waals surface area contributed by atoms with Crippen LogP contribution in [0.3, 0.4) is 0 Å². The molecule has 0 bridgehead atoms. The van der Waals surface area contributed by atoms with E-state index in [1.807, 2.05) is 0 Å². The zero-order valence-corrected chi connectivity index (χ0v) is 40.1. The lowest BCUT2D eigenvalue weighted by Gasteiger charge is -2.46. The number of hydrogen-bond donors (Lipinski definition) is 0. The fourth-order valence-electron chi connectivity index (χ4n) is 13.3. The summed E-state index contributed by atoms with van der Waals surface area (Å²) in [6, 6.07) is 81.2. The van der Waals surface area contributed by atoms with E-state index >= 15 is 0 Å². The van der Waals surface area contributed by atoms with Crippen LogP contribution in [-0.2, 0) is 10.8 Å². The van der Waals surface area contributed by atoms with Crippen molar-refractivity contribution in [3.8, 4) is 22.3 Å². The molecular formula is C66H48BN3O. The molecule has 0 amide bonds. The fraction of sp³-hybridized carbons (Fsp3) is 0.0909. The van der Waals surface area contributed by atoms with Crippen molar-refractivity contribution in [3.05, 3.63) is 241 Å². The predicted octanol–water partition coefficient (Wildman–Crippen LogP) is 15.8. The molecule has 4 nitrogen and oxygen atoms in total. The zero-order valence-electron chi connectivity index (χ0n) is 40.1. The molecule has 11 aromatic rings. The highest BCUT2D eigenvalue weighted by molar-refractivity contribution is 7.00. The highest BCUT2D eigenvalue weighted by Gasteiger charge is 2.49. The number of nitrogens with zero attached hydrogens (tertiary/aromatic N) is 3. The van der Waals surface area contributed by atoms with Gasteiger partial charge in [0.05, 0.1) is 22.4 Å². The molecule has 0 saturated heterocycles. The van der Waals surface area contributed by atoms with Crippen LogP contribution in [0.1, 0.15) is 49.9 Å². The maximum absolute atomic E-state index is 6.79. The van der Waals surface area contributed by atoms with Crippen LogP contribution in [0.25, 0.3) is 44.2 Å². The minimum absolute atomic E-state index is 0.114. The molecule has 336 valence electrons. The molecule has 0 fully saturated rings. The summed E-state index contributed by atoms with van der Waals surface area (Å²) in [5.74, 6) is 0. The molecule has 0 atom stereocenters. The summed E-state index contributed by atoms with van der Waals surface area (Å²) < 4.78 is 6.79. The number of fused-ring (bicyclic) bond motifs is 15. The Labute approximate surface area is 414 Å². The van der Waals surface area contributed by atoms with Gasteiger partial charge in [-0.2, -0.15) is 0 Å². The van der Waals surface area contributed by atoms with E-state index in [-0.39, 0.29) is 17.5 Å². The van der Waals surface area contributed by atoms with E-state index in [9.17, 15) is 0 Å². The van der Waals surface area contributed by atoms with E-state index in [1.54, 1.807) is 0 Å². The van der Waals surface area contributed by atoms with Crippen LogP contribution in [-0.4, -0.2) is 6.71 Å². The lowest BCUT2D eigenvalue weighted by Crippen LogP contribution is -2.61. The SMILES string of the molecule is CC1(C)c2ccccc2-c2c(N(c3ccccc3)c3cc4c5c(c3)N(c3ccccc3)c3c(ccc6oc7ccccc7c36)B5c3ccc5c(c3N4c3ccccc3)-c3ccccc3C5(C)C)cccc21. The minimum Gasteiger partial charge on any atom is -0.456 e. The topological polar surface area (TPSA) is 22.9 Å². The van der Waals surface area contributed by atoms with E-state index in [0.717, 1.165) is 67.4 Å². The number of para-hydroxylation sites is 4. The van der Waals surface area contributed by atoms with Crippen LogP contribution >= 0.6 is 0 Å². The third kappa shape index (κ3) is 5.41. The van der Waals surface area contributed by atoms with Crippen molar-refractivity contribution >= 4 is 96.2 Å². The van der Waals surface area contributed by atoms with Gasteiger partial charge in [0.25, 0.3) is 6.71 Å². The van der Waals surface area contributed by atoms with Crippen LogP contribution in [0, 0.1) is 0 Å². The van der Waals surface area contributed by atoms with Crippen molar-refractivity contribution in [3.63, 3.8) is 0 Å². The van der Waals surface area contributed by atoms with Crippen LogP contribution < -0.4 is 31.1 Å². The molecule has 0 unspecified atom stereocenters. The second kappa shape index (κ2) is 14.5. The Kier molecular flexibility index (Phi) is 8.25. The average molecular weight is 910 g/mol. The van der Waals surface area contributed by atoms with Gasteiger partial charge in [0.1, 0.15) is 11.2 Å². The summed E-state index contributed by atoms with van der Waals surface area (Å²) in [6.45, 7) is 9.43. The first-order valence-corrected chi connectivity index (χ1v) is 25.0. The third-order valence-electron chi connectivity index (χ3n) is 16.4. The summed E-state index contributed by atoms with van der Waals surface area (Å²) in [4.78, 5) is 7.69. The maximum atomic E-state index is 6.79. The van der Waals surface area contributed by atoms with Crippen molar-refractivity contribution in [2.75, 3.05) is 14.7 Å². The lowest BCUT2D eigenvalue weighted by molar-refractivity contribution is 0.660. The largest absolute Gasteiger partial charge is 0.456 e.